The highest BCUT2D eigenvalue weighted by molar-refractivity contribution is 4.89. The number of hydrogen-bond acceptors (Lipinski definition) is 0. The molecule has 0 aromatic rings. The second-order valence-corrected chi connectivity index (χ2v) is 4.99. The summed E-state index contributed by atoms with van der Waals surface area (Å²) in [6, 6.07) is 0. The molecule has 0 radical (unpaired) electrons. The standard InChI is InChI=1S/C12H22.C2H6/c1-3-10-5-4-6-11-8-7-9(2)12(10)11;1-2/h9-12H,3-8H2,1-2H3;1-2H3. The van der Waals surface area contributed by atoms with Crippen molar-refractivity contribution in [3.05, 3.63) is 0 Å². The maximum absolute atomic E-state index is 2.48. The largest absolute Gasteiger partial charge is 0.0683 e. The van der Waals surface area contributed by atoms with E-state index in [0.29, 0.717) is 0 Å². The third-order valence-electron chi connectivity index (χ3n) is 4.41. The molecule has 2 saturated carbocycles. The van der Waals surface area contributed by atoms with Crippen molar-refractivity contribution >= 4 is 0 Å². The van der Waals surface area contributed by atoms with Gasteiger partial charge in [-0.1, -0.05) is 59.8 Å². The van der Waals surface area contributed by atoms with Crippen molar-refractivity contribution < 1.29 is 0 Å². The zero-order valence-electron chi connectivity index (χ0n) is 10.6. The van der Waals surface area contributed by atoms with Crippen LogP contribution in [0.4, 0.5) is 0 Å². The second kappa shape index (κ2) is 5.78. The van der Waals surface area contributed by atoms with Crippen molar-refractivity contribution in [2.45, 2.75) is 66.2 Å². The van der Waals surface area contributed by atoms with Gasteiger partial charge in [-0.2, -0.15) is 0 Å². The predicted octanol–water partition coefficient (Wildman–Crippen LogP) is 4.89. The minimum absolute atomic E-state index is 1.04. The molecule has 2 aliphatic rings. The highest BCUT2D eigenvalue weighted by Crippen LogP contribution is 2.49. The highest BCUT2D eigenvalue weighted by atomic mass is 14.4. The van der Waals surface area contributed by atoms with E-state index in [9.17, 15) is 0 Å². The third-order valence-corrected chi connectivity index (χ3v) is 4.41. The van der Waals surface area contributed by atoms with Gasteiger partial charge in [-0.15, -0.1) is 0 Å². The van der Waals surface area contributed by atoms with Gasteiger partial charge in [-0.3, -0.25) is 0 Å². The molecule has 14 heavy (non-hydrogen) atoms. The summed E-state index contributed by atoms with van der Waals surface area (Å²) in [7, 11) is 0. The first-order valence-electron chi connectivity index (χ1n) is 6.83. The van der Waals surface area contributed by atoms with E-state index < -0.39 is 0 Å². The summed E-state index contributed by atoms with van der Waals surface area (Å²) >= 11 is 0. The fourth-order valence-corrected chi connectivity index (χ4v) is 3.82. The Bertz CT molecular complexity index is 148. The first kappa shape index (κ1) is 12.1. The lowest BCUT2D eigenvalue weighted by atomic mass is 9.70. The molecular formula is C14H28. The summed E-state index contributed by atoms with van der Waals surface area (Å²) in [6.07, 6.45) is 9.10. The molecule has 4 atom stereocenters. The van der Waals surface area contributed by atoms with E-state index in [1.807, 2.05) is 13.8 Å². The van der Waals surface area contributed by atoms with E-state index in [1.165, 1.54) is 25.7 Å². The van der Waals surface area contributed by atoms with Gasteiger partial charge in [-0.05, 0) is 30.1 Å². The number of fused-ring (bicyclic) bond motifs is 1. The normalized spacial score (nSPS) is 41.1. The molecule has 0 bridgehead atoms. The Labute approximate surface area is 90.5 Å². The Morgan fingerprint density at radius 2 is 1.71 bits per heavy atom. The Balaban J connectivity index is 0.000000461. The van der Waals surface area contributed by atoms with Crippen LogP contribution in [0.25, 0.3) is 0 Å². The van der Waals surface area contributed by atoms with Crippen molar-refractivity contribution in [3.8, 4) is 0 Å². The van der Waals surface area contributed by atoms with Gasteiger partial charge in [0.2, 0.25) is 0 Å². The number of rotatable bonds is 1. The van der Waals surface area contributed by atoms with Crippen LogP contribution in [0.1, 0.15) is 66.2 Å². The van der Waals surface area contributed by atoms with Crippen LogP contribution < -0.4 is 0 Å². The van der Waals surface area contributed by atoms with Gasteiger partial charge in [0.25, 0.3) is 0 Å². The lowest BCUT2D eigenvalue weighted by Crippen LogP contribution is -2.27. The zero-order valence-corrected chi connectivity index (χ0v) is 10.6. The first-order chi connectivity index (χ1) is 6.83. The topological polar surface area (TPSA) is 0 Å². The molecule has 0 aromatic heterocycles. The molecule has 0 heteroatoms. The van der Waals surface area contributed by atoms with Crippen LogP contribution in [-0.4, -0.2) is 0 Å². The molecule has 84 valence electrons. The summed E-state index contributed by atoms with van der Waals surface area (Å²) in [5, 5.41) is 0. The van der Waals surface area contributed by atoms with Crippen molar-refractivity contribution in [1.82, 2.24) is 0 Å². The van der Waals surface area contributed by atoms with E-state index in [-0.39, 0.29) is 0 Å². The van der Waals surface area contributed by atoms with Gasteiger partial charge in [0.1, 0.15) is 0 Å². The van der Waals surface area contributed by atoms with Gasteiger partial charge < -0.3 is 0 Å². The lowest BCUT2D eigenvalue weighted by Gasteiger charge is -2.35. The molecule has 0 aromatic carbocycles. The van der Waals surface area contributed by atoms with E-state index in [1.54, 1.807) is 12.8 Å². The summed E-state index contributed by atoms with van der Waals surface area (Å²) in [5.41, 5.74) is 0. The Kier molecular flexibility index (Phi) is 4.98. The maximum atomic E-state index is 2.48. The Hall–Kier alpha value is 0. The van der Waals surface area contributed by atoms with Gasteiger partial charge in [-0.25, -0.2) is 0 Å². The minimum atomic E-state index is 1.04. The van der Waals surface area contributed by atoms with E-state index in [4.69, 9.17) is 0 Å². The SMILES string of the molecule is CC.CCC1CCCC2CCC(C)C12. The van der Waals surface area contributed by atoms with Crippen LogP contribution in [0.5, 0.6) is 0 Å². The van der Waals surface area contributed by atoms with E-state index >= 15 is 0 Å². The smallest absolute Gasteiger partial charge is 0.0332 e. The predicted molar refractivity (Wildman–Crippen MR) is 64.4 cm³/mol. The molecule has 0 saturated heterocycles. The molecule has 4 unspecified atom stereocenters. The fraction of sp³-hybridized carbons (Fsp3) is 1.00. The molecule has 0 nitrogen and oxygen atoms in total. The average Bonchev–Trinajstić information content (AvgIpc) is 2.64. The molecule has 2 fully saturated rings. The third kappa shape index (κ3) is 2.32. The fourth-order valence-electron chi connectivity index (χ4n) is 3.82. The minimum Gasteiger partial charge on any atom is -0.0683 e. The quantitative estimate of drug-likeness (QED) is 0.560. The Morgan fingerprint density at radius 3 is 2.36 bits per heavy atom. The lowest BCUT2D eigenvalue weighted by molar-refractivity contribution is 0.144. The average molecular weight is 196 g/mol. The highest BCUT2D eigenvalue weighted by Gasteiger charge is 2.39. The summed E-state index contributed by atoms with van der Waals surface area (Å²) in [4.78, 5) is 0. The van der Waals surface area contributed by atoms with E-state index in [2.05, 4.69) is 13.8 Å². The molecule has 0 heterocycles. The molecule has 0 amide bonds. The molecular weight excluding hydrogens is 168 g/mol. The summed E-state index contributed by atoms with van der Waals surface area (Å²) < 4.78 is 0. The van der Waals surface area contributed by atoms with Gasteiger partial charge in [0.15, 0.2) is 0 Å². The van der Waals surface area contributed by atoms with Crippen molar-refractivity contribution in [2.75, 3.05) is 0 Å². The number of hydrogen-bond donors (Lipinski definition) is 0. The van der Waals surface area contributed by atoms with Crippen molar-refractivity contribution in [1.29, 1.82) is 0 Å². The van der Waals surface area contributed by atoms with Crippen LogP contribution in [0.2, 0.25) is 0 Å². The van der Waals surface area contributed by atoms with Gasteiger partial charge in [0, 0.05) is 0 Å². The van der Waals surface area contributed by atoms with Crippen LogP contribution in [0.15, 0.2) is 0 Å². The first-order valence-corrected chi connectivity index (χ1v) is 6.83. The maximum Gasteiger partial charge on any atom is -0.0332 e. The molecule has 2 aliphatic carbocycles. The monoisotopic (exact) mass is 196 g/mol. The summed E-state index contributed by atoms with van der Waals surface area (Å²) in [6.45, 7) is 8.87. The van der Waals surface area contributed by atoms with Gasteiger partial charge >= 0.3 is 0 Å². The van der Waals surface area contributed by atoms with Crippen molar-refractivity contribution in [3.63, 3.8) is 0 Å². The summed E-state index contributed by atoms with van der Waals surface area (Å²) in [5.74, 6) is 4.36. The molecule has 0 aliphatic heterocycles. The van der Waals surface area contributed by atoms with Crippen LogP contribution in [0, 0.1) is 23.7 Å². The molecule has 0 spiro atoms. The van der Waals surface area contributed by atoms with Crippen LogP contribution >= 0.6 is 0 Å². The molecule has 0 N–H and O–H groups in total. The Morgan fingerprint density at radius 1 is 1.00 bits per heavy atom. The zero-order chi connectivity index (χ0) is 10.6. The van der Waals surface area contributed by atoms with E-state index in [0.717, 1.165) is 23.7 Å². The van der Waals surface area contributed by atoms with Gasteiger partial charge in [0.05, 0.1) is 0 Å². The van der Waals surface area contributed by atoms with Crippen LogP contribution in [0.3, 0.4) is 0 Å². The second-order valence-electron chi connectivity index (χ2n) is 4.99. The van der Waals surface area contributed by atoms with Crippen LogP contribution in [-0.2, 0) is 0 Å². The molecule has 2 rings (SSSR count). The van der Waals surface area contributed by atoms with Crippen molar-refractivity contribution in [2.24, 2.45) is 23.7 Å².